The largest absolute Gasteiger partial charge is 0.350 e. The van der Waals surface area contributed by atoms with E-state index in [9.17, 15) is 24.5 Å². The fraction of sp³-hybridized carbons (Fsp3) is 0.375. The zero-order valence-corrected chi connectivity index (χ0v) is 8.45. The first-order chi connectivity index (χ1) is 7.49. The Hall–Kier alpha value is -2.25. The van der Waals surface area contributed by atoms with Gasteiger partial charge < -0.3 is 4.79 Å². The van der Waals surface area contributed by atoms with Crippen molar-refractivity contribution in [3.8, 4) is 0 Å². The van der Waals surface area contributed by atoms with Crippen LogP contribution in [0.5, 0.6) is 0 Å². The molecule has 1 rings (SSSR count). The van der Waals surface area contributed by atoms with Gasteiger partial charge in [-0.3, -0.25) is 24.0 Å². The quantitative estimate of drug-likeness (QED) is 0.374. The second-order valence-electron chi connectivity index (χ2n) is 3.08. The highest BCUT2D eigenvalue weighted by Crippen LogP contribution is 1.99. The molecule has 0 atom stereocenters. The van der Waals surface area contributed by atoms with E-state index in [0.29, 0.717) is 10.9 Å². The van der Waals surface area contributed by atoms with Crippen molar-refractivity contribution in [2.45, 2.75) is 13.0 Å². The highest BCUT2D eigenvalue weighted by atomic mass is 16.6. The van der Waals surface area contributed by atoms with Crippen molar-refractivity contribution < 1.29 is 9.72 Å². The lowest BCUT2D eigenvalue weighted by Crippen LogP contribution is -2.39. The van der Waals surface area contributed by atoms with E-state index in [4.69, 9.17) is 0 Å². The number of aromatic nitrogens is 2. The van der Waals surface area contributed by atoms with Crippen LogP contribution in [-0.2, 0) is 18.4 Å². The van der Waals surface area contributed by atoms with Crippen molar-refractivity contribution in [1.29, 1.82) is 0 Å². The zero-order valence-electron chi connectivity index (χ0n) is 8.45. The summed E-state index contributed by atoms with van der Waals surface area (Å²) in [5, 5.41) is 10.5. The number of nitrogens with zero attached hydrogens (tertiary/aromatic N) is 3. The van der Waals surface area contributed by atoms with Gasteiger partial charge in [-0.25, -0.2) is 4.79 Å². The van der Waals surface area contributed by atoms with Crippen LogP contribution in [0.3, 0.4) is 0 Å². The number of carbonyl (C=O) groups excluding carboxylic acids is 1. The fourth-order valence-corrected chi connectivity index (χ4v) is 1.21. The molecule has 0 aliphatic heterocycles. The van der Waals surface area contributed by atoms with Crippen LogP contribution >= 0.6 is 0 Å². The number of hydrogen-bond donors (Lipinski definition) is 0. The van der Waals surface area contributed by atoms with Crippen LogP contribution in [-0.4, -0.2) is 20.3 Å². The van der Waals surface area contributed by atoms with Gasteiger partial charge in [-0.1, -0.05) is 0 Å². The summed E-state index contributed by atoms with van der Waals surface area (Å²) in [6.07, 6.45) is 1.35. The SMILES string of the molecule is Cn1cc([N+](=O)[O-])c(=O)n(CCC=O)c1=O. The van der Waals surface area contributed by atoms with Crippen LogP contribution in [0.1, 0.15) is 6.42 Å². The van der Waals surface area contributed by atoms with Gasteiger partial charge in [0.05, 0.1) is 11.1 Å². The lowest BCUT2D eigenvalue weighted by Gasteiger charge is -2.04. The average Bonchev–Trinajstić information content (AvgIpc) is 2.23. The number of aldehydes is 1. The first-order valence-corrected chi connectivity index (χ1v) is 4.37. The minimum atomic E-state index is -0.991. The standard InChI is InChI=1S/C8H9N3O5/c1-9-5-6(11(15)16)7(13)10(8(9)14)3-2-4-12/h4-5H,2-3H2,1H3. The van der Waals surface area contributed by atoms with Crippen LogP contribution in [0, 0.1) is 10.1 Å². The minimum Gasteiger partial charge on any atom is -0.303 e. The van der Waals surface area contributed by atoms with Crippen molar-refractivity contribution in [1.82, 2.24) is 9.13 Å². The maximum atomic E-state index is 11.5. The molecule has 1 aromatic heterocycles. The maximum Gasteiger partial charge on any atom is 0.350 e. The molecule has 86 valence electrons. The summed E-state index contributed by atoms with van der Waals surface area (Å²) in [4.78, 5) is 42.7. The lowest BCUT2D eigenvalue weighted by molar-refractivity contribution is -0.387. The summed E-state index contributed by atoms with van der Waals surface area (Å²) in [7, 11) is 1.30. The highest BCUT2D eigenvalue weighted by molar-refractivity contribution is 5.49. The molecule has 0 saturated heterocycles. The maximum absolute atomic E-state index is 11.5. The zero-order chi connectivity index (χ0) is 12.3. The van der Waals surface area contributed by atoms with Crippen molar-refractivity contribution in [2.24, 2.45) is 7.05 Å². The van der Waals surface area contributed by atoms with Gasteiger partial charge in [0.25, 0.3) is 0 Å². The van der Waals surface area contributed by atoms with E-state index in [2.05, 4.69) is 0 Å². The van der Waals surface area contributed by atoms with Crippen molar-refractivity contribution >= 4 is 12.0 Å². The molecule has 0 bridgehead atoms. The first-order valence-electron chi connectivity index (χ1n) is 4.37. The predicted octanol–water partition coefficient (Wildman–Crippen LogP) is -0.956. The highest BCUT2D eigenvalue weighted by Gasteiger charge is 2.17. The second kappa shape index (κ2) is 4.51. The molecule has 0 spiro atoms. The molecule has 0 radical (unpaired) electrons. The molecule has 16 heavy (non-hydrogen) atoms. The number of nitro groups is 1. The summed E-state index contributed by atoms with van der Waals surface area (Å²) in [5.74, 6) is 0. The second-order valence-corrected chi connectivity index (χ2v) is 3.08. The summed E-state index contributed by atoms with van der Waals surface area (Å²) >= 11 is 0. The Morgan fingerprint density at radius 2 is 2.12 bits per heavy atom. The molecule has 0 aliphatic carbocycles. The lowest BCUT2D eigenvalue weighted by atomic mass is 10.4. The Labute approximate surface area is 88.9 Å². The minimum absolute atomic E-state index is 0.0453. The Kier molecular flexibility index (Phi) is 3.33. The number of rotatable bonds is 4. The number of hydrogen-bond acceptors (Lipinski definition) is 5. The fourth-order valence-electron chi connectivity index (χ4n) is 1.21. The summed E-state index contributed by atoms with van der Waals surface area (Å²) < 4.78 is 1.61. The molecule has 8 nitrogen and oxygen atoms in total. The van der Waals surface area contributed by atoms with Crippen LogP contribution in [0.15, 0.2) is 15.8 Å². The molecule has 0 N–H and O–H groups in total. The van der Waals surface area contributed by atoms with Gasteiger partial charge in [0.15, 0.2) is 0 Å². The van der Waals surface area contributed by atoms with E-state index < -0.39 is 21.9 Å². The molecule has 0 unspecified atom stereocenters. The van der Waals surface area contributed by atoms with Gasteiger partial charge >= 0.3 is 16.9 Å². The Bertz CT molecular complexity index is 542. The summed E-state index contributed by atoms with van der Waals surface area (Å²) in [5.41, 5.74) is -2.36. The normalized spacial score (nSPS) is 10.1. The van der Waals surface area contributed by atoms with E-state index in [1.165, 1.54) is 7.05 Å². The number of carbonyl (C=O) groups is 1. The van der Waals surface area contributed by atoms with E-state index in [1.807, 2.05) is 0 Å². The van der Waals surface area contributed by atoms with Crippen molar-refractivity contribution in [2.75, 3.05) is 0 Å². The third kappa shape index (κ3) is 2.05. The van der Waals surface area contributed by atoms with E-state index >= 15 is 0 Å². The average molecular weight is 227 g/mol. The van der Waals surface area contributed by atoms with E-state index in [-0.39, 0.29) is 13.0 Å². The van der Waals surface area contributed by atoms with Crippen LogP contribution in [0.2, 0.25) is 0 Å². The van der Waals surface area contributed by atoms with Crippen LogP contribution < -0.4 is 11.2 Å². The third-order valence-electron chi connectivity index (χ3n) is 1.98. The predicted molar refractivity (Wildman–Crippen MR) is 53.3 cm³/mol. The van der Waals surface area contributed by atoms with E-state index in [0.717, 1.165) is 10.8 Å². The number of aryl methyl sites for hydroxylation is 1. The summed E-state index contributed by atoms with van der Waals surface area (Å²) in [6, 6.07) is 0. The van der Waals surface area contributed by atoms with Gasteiger partial charge in [-0.15, -0.1) is 0 Å². The van der Waals surface area contributed by atoms with Crippen molar-refractivity contribution in [3.05, 3.63) is 37.1 Å². The van der Waals surface area contributed by atoms with Crippen LogP contribution in [0.25, 0.3) is 0 Å². The molecule has 0 saturated carbocycles. The van der Waals surface area contributed by atoms with Crippen molar-refractivity contribution in [3.63, 3.8) is 0 Å². The molecule has 0 fully saturated rings. The first kappa shape index (κ1) is 11.8. The molecule has 0 aliphatic rings. The monoisotopic (exact) mass is 227 g/mol. The Morgan fingerprint density at radius 3 is 2.62 bits per heavy atom. The molecule has 0 amide bonds. The van der Waals surface area contributed by atoms with Gasteiger partial charge in [0.2, 0.25) is 0 Å². The molecular formula is C8H9N3O5. The summed E-state index contributed by atoms with van der Waals surface area (Å²) in [6.45, 7) is -0.156. The molecule has 0 aromatic carbocycles. The van der Waals surface area contributed by atoms with E-state index in [1.54, 1.807) is 0 Å². The van der Waals surface area contributed by atoms with Crippen LogP contribution in [0.4, 0.5) is 5.69 Å². The van der Waals surface area contributed by atoms with Gasteiger partial charge in [-0.2, -0.15) is 0 Å². The molecule has 8 heteroatoms. The van der Waals surface area contributed by atoms with Gasteiger partial charge in [0, 0.05) is 20.0 Å². The Balaban J connectivity index is 3.46. The topological polar surface area (TPSA) is 104 Å². The van der Waals surface area contributed by atoms with Gasteiger partial charge in [-0.05, 0) is 0 Å². The molecule has 1 heterocycles. The Morgan fingerprint density at radius 1 is 1.50 bits per heavy atom. The molecule has 1 aromatic rings. The molecular weight excluding hydrogens is 218 g/mol. The third-order valence-corrected chi connectivity index (χ3v) is 1.98. The smallest absolute Gasteiger partial charge is 0.303 e. The van der Waals surface area contributed by atoms with Gasteiger partial charge in [0.1, 0.15) is 6.29 Å².